The second-order valence-corrected chi connectivity index (χ2v) is 6.50. The third-order valence-electron chi connectivity index (χ3n) is 5.00. The largest absolute Gasteiger partial charge is 0.476 e. The van der Waals surface area contributed by atoms with Crippen LogP contribution in [0.4, 0.5) is 4.39 Å². The molecule has 2 aromatic heterocycles. The monoisotopic (exact) mass is 327 g/mol. The summed E-state index contributed by atoms with van der Waals surface area (Å²) in [5.74, 6) is 0.878. The molecule has 3 heterocycles. The fourth-order valence-corrected chi connectivity index (χ4v) is 3.49. The number of halogens is 1. The number of hydrogen-bond donors (Lipinski definition) is 0. The minimum absolute atomic E-state index is 0.278. The van der Waals surface area contributed by atoms with E-state index in [1.54, 1.807) is 6.07 Å². The smallest absolute Gasteiger partial charge is 0.238 e. The molecule has 4 rings (SSSR count). The minimum atomic E-state index is -0.278. The summed E-state index contributed by atoms with van der Waals surface area (Å²) in [4.78, 5) is 7.03. The summed E-state index contributed by atoms with van der Waals surface area (Å²) in [5, 5.41) is 0. The second-order valence-electron chi connectivity index (χ2n) is 6.50. The van der Waals surface area contributed by atoms with E-state index in [0.29, 0.717) is 23.9 Å². The molecule has 1 fully saturated rings. The molecular formula is C19H22FN3O. The zero-order valence-corrected chi connectivity index (χ0v) is 13.9. The van der Waals surface area contributed by atoms with E-state index in [0.717, 1.165) is 43.5 Å². The van der Waals surface area contributed by atoms with Gasteiger partial charge in [0.2, 0.25) is 5.88 Å². The molecular weight excluding hydrogens is 305 g/mol. The van der Waals surface area contributed by atoms with Crippen molar-refractivity contribution < 1.29 is 9.13 Å². The van der Waals surface area contributed by atoms with E-state index in [4.69, 9.17) is 4.74 Å². The van der Waals surface area contributed by atoms with Crippen LogP contribution >= 0.6 is 0 Å². The van der Waals surface area contributed by atoms with Gasteiger partial charge < -0.3 is 14.0 Å². The van der Waals surface area contributed by atoms with Crippen LogP contribution < -0.4 is 4.74 Å². The van der Waals surface area contributed by atoms with Crippen LogP contribution in [0.5, 0.6) is 5.88 Å². The highest BCUT2D eigenvalue weighted by molar-refractivity contribution is 5.81. The van der Waals surface area contributed by atoms with Crippen LogP contribution in [0.2, 0.25) is 0 Å². The van der Waals surface area contributed by atoms with E-state index in [2.05, 4.69) is 16.8 Å². The normalized spacial score (nSPS) is 16.9. The Morgan fingerprint density at radius 1 is 1.21 bits per heavy atom. The molecule has 0 N–H and O–H groups in total. The molecule has 3 aromatic rings. The number of rotatable bonds is 4. The molecule has 126 valence electrons. The van der Waals surface area contributed by atoms with Crippen LogP contribution in [0.15, 0.2) is 36.5 Å². The molecule has 5 heteroatoms. The van der Waals surface area contributed by atoms with Gasteiger partial charge in [-0.15, -0.1) is 0 Å². The molecule has 1 saturated heterocycles. The van der Waals surface area contributed by atoms with Crippen LogP contribution in [-0.4, -0.2) is 40.5 Å². The Bertz CT molecular complexity index is 852. The number of benzene rings is 1. The topological polar surface area (TPSA) is 29.8 Å². The molecule has 1 aromatic carbocycles. The molecule has 0 aliphatic carbocycles. The molecule has 0 amide bonds. The van der Waals surface area contributed by atoms with Crippen molar-refractivity contribution in [3.63, 3.8) is 0 Å². The Kier molecular flexibility index (Phi) is 4.10. The van der Waals surface area contributed by atoms with E-state index in [1.807, 2.05) is 22.7 Å². The summed E-state index contributed by atoms with van der Waals surface area (Å²) < 4.78 is 21.6. The van der Waals surface area contributed by atoms with E-state index in [-0.39, 0.29) is 5.82 Å². The average molecular weight is 327 g/mol. The number of nitrogens with zero attached hydrogens (tertiary/aromatic N) is 3. The number of likely N-dealkylation sites (tertiary alicyclic amines) is 1. The van der Waals surface area contributed by atoms with Crippen molar-refractivity contribution >= 4 is 16.6 Å². The molecule has 24 heavy (non-hydrogen) atoms. The van der Waals surface area contributed by atoms with Crippen molar-refractivity contribution in [1.29, 1.82) is 0 Å². The first-order chi connectivity index (χ1) is 11.7. The second kappa shape index (κ2) is 6.40. The summed E-state index contributed by atoms with van der Waals surface area (Å²) in [6.07, 6.45) is 4.28. The van der Waals surface area contributed by atoms with Crippen molar-refractivity contribution in [2.45, 2.75) is 19.8 Å². The maximum Gasteiger partial charge on any atom is 0.238 e. The van der Waals surface area contributed by atoms with E-state index in [9.17, 15) is 4.39 Å². The molecule has 0 radical (unpaired) electrons. The summed E-state index contributed by atoms with van der Waals surface area (Å²) in [7, 11) is 0. The fourth-order valence-electron chi connectivity index (χ4n) is 3.49. The summed E-state index contributed by atoms with van der Waals surface area (Å²) in [6, 6.07) is 8.64. The van der Waals surface area contributed by atoms with E-state index in [1.165, 1.54) is 12.1 Å². The van der Waals surface area contributed by atoms with E-state index < -0.39 is 0 Å². The number of piperidine rings is 1. The first-order valence-corrected chi connectivity index (χ1v) is 8.66. The lowest BCUT2D eigenvalue weighted by atomic mass is 9.98. The van der Waals surface area contributed by atoms with Gasteiger partial charge in [-0.05, 0) is 62.7 Å². The molecule has 0 unspecified atom stereocenters. The molecule has 0 atom stereocenters. The predicted octanol–water partition coefficient (Wildman–Crippen LogP) is 3.74. The summed E-state index contributed by atoms with van der Waals surface area (Å²) >= 11 is 0. The average Bonchev–Trinajstić information content (AvgIpc) is 3.10. The Balaban J connectivity index is 1.58. The van der Waals surface area contributed by atoms with Gasteiger partial charge in [-0.3, -0.25) is 0 Å². The third kappa shape index (κ3) is 2.84. The third-order valence-corrected chi connectivity index (χ3v) is 5.00. The maximum atomic E-state index is 13.5. The zero-order valence-electron chi connectivity index (χ0n) is 13.9. The van der Waals surface area contributed by atoms with Gasteiger partial charge >= 0.3 is 0 Å². The Labute approximate surface area is 140 Å². The van der Waals surface area contributed by atoms with Gasteiger partial charge in [0.25, 0.3) is 0 Å². The van der Waals surface area contributed by atoms with Crippen LogP contribution in [0, 0.1) is 11.7 Å². The quantitative estimate of drug-likeness (QED) is 0.731. The van der Waals surface area contributed by atoms with Gasteiger partial charge in [0.1, 0.15) is 11.3 Å². The summed E-state index contributed by atoms with van der Waals surface area (Å²) in [6.45, 7) is 6.28. The van der Waals surface area contributed by atoms with Gasteiger partial charge in [-0.1, -0.05) is 6.92 Å². The lowest BCUT2D eigenvalue weighted by molar-refractivity contribution is 0.144. The highest BCUT2D eigenvalue weighted by atomic mass is 19.1. The SMILES string of the molecule is CCN1CCC(COc2nc3cc(F)ccc3n3cccc23)CC1. The van der Waals surface area contributed by atoms with Gasteiger partial charge in [0.15, 0.2) is 0 Å². The summed E-state index contributed by atoms with van der Waals surface area (Å²) in [5.41, 5.74) is 2.44. The molecule has 4 nitrogen and oxygen atoms in total. The van der Waals surface area contributed by atoms with Crippen LogP contribution in [-0.2, 0) is 0 Å². The Hall–Kier alpha value is -2.14. The Morgan fingerprint density at radius 3 is 2.83 bits per heavy atom. The number of hydrogen-bond acceptors (Lipinski definition) is 3. The standard InChI is InChI=1S/C19H22FN3O/c1-2-22-10-7-14(8-11-22)13-24-19-18-4-3-9-23(18)17-6-5-15(20)12-16(17)21-19/h3-6,9,12,14H,2,7-8,10-11,13H2,1H3. The highest BCUT2D eigenvalue weighted by Gasteiger charge is 2.19. The van der Waals surface area contributed by atoms with Crippen molar-refractivity contribution in [1.82, 2.24) is 14.3 Å². The lowest BCUT2D eigenvalue weighted by Crippen LogP contribution is -2.35. The van der Waals surface area contributed by atoms with Crippen molar-refractivity contribution in [3.05, 3.63) is 42.3 Å². The zero-order chi connectivity index (χ0) is 16.5. The highest BCUT2D eigenvalue weighted by Crippen LogP contribution is 2.26. The Morgan fingerprint density at radius 2 is 2.04 bits per heavy atom. The van der Waals surface area contributed by atoms with Crippen molar-refractivity contribution in [2.24, 2.45) is 5.92 Å². The maximum absolute atomic E-state index is 13.5. The number of aromatic nitrogens is 2. The lowest BCUT2D eigenvalue weighted by Gasteiger charge is -2.30. The van der Waals surface area contributed by atoms with Crippen molar-refractivity contribution in [2.75, 3.05) is 26.2 Å². The molecule has 1 aliphatic rings. The van der Waals surface area contributed by atoms with Gasteiger partial charge in [0.05, 0.1) is 17.6 Å². The van der Waals surface area contributed by atoms with Crippen LogP contribution in [0.25, 0.3) is 16.6 Å². The van der Waals surface area contributed by atoms with Gasteiger partial charge in [-0.25, -0.2) is 9.37 Å². The first-order valence-electron chi connectivity index (χ1n) is 8.66. The van der Waals surface area contributed by atoms with Gasteiger partial charge in [-0.2, -0.15) is 0 Å². The molecule has 0 bridgehead atoms. The predicted molar refractivity (Wildman–Crippen MR) is 93.0 cm³/mol. The first kappa shape index (κ1) is 15.4. The van der Waals surface area contributed by atoms with E-state index >= 15 is 0 Å². The molecule has 1 aliphatic heterocycles. The van der Waals surface area contributed by atoms with Crippen molar-refractivity contribution in [3.8, 4) is 5.88 Å². The van der Waals surface area contributed by atoms with Crippen LogP contribution in [0.1, 0.15) is 19.8 Å². The number of ether oxygens (including phenoxy) is 1. The molecule has 0 saturated carbocycles. The number of fused-ring (bicyclic) bond motifs is 3. The van der Waals surface area contributed by atoms with Gasteiger partial charge in [0, 0.05) is 12.3 Å². The fraction of sp³-hybridized carbons (Fsp3) is 0.421. The molecule has 0 spiro atoms. The van der Waals surface area contributed by atoms with Crippen LogP contribution in [0.3, 0.4) is 0 Å². The minimum Gasteiger partial charge on any atom is -0.476 e.